The summed E-state index contributed by atoms with van der Waals surface area (Å²) in [6.07, 6.45) is 0. The van der Waals surface area contributed by atoms with E-state index in [1.54, 1.807) is 11.0 Å². The Morgan fingerprint density at radius 3 is 2.48 bits per heavy atom. The molecule has 29 heavy (non-hydrogen) atoms. The van der Waals surface area contributed by atoms with Gasteiger partial charge in [0.15, 0.2) is 15.0 Å². The maximum atomic E-state index is 13.4. The third-order valence-corrected chi connectivity index (χ3v) is 7.68. The summed E-state index contributed by atoms with van der Waals surface area (Å²) in [5, 5.41) is 1.20. The van der Waals surface area contributed by atoms with Gasteiger partial charge in [-0.15, -0.1) is 0 Å². The Balaban J connectivity index is 1.39. The number of nitrogens with zero attached hydrogens (tertiary/aromatic N) is 3. The lowest BCUT2D eigenvalue weighted by Gasteiger charge is -2.34. The Labute approximate surface area is 176 Å². The van der Waals surface area contributed by atoms with E-state index in [-0.39, 0.29) is 10.7 Å². The molecule has 10 heteroatoms. The molecule has 0 radical (unpaired) electrons. The lowest BCUT2D eigenvalue weighted by Crippen LogP contribution is -2.50. The SMILES string of the molecule is O=C(CS(=O)(=O)c1ccc(Cl)cc1)N1CCN(c2nc3ccc(F)cc3s2)CC1. The highest BCUT2D eigenvalue weighted by molar-refractivity contribution is 7.92. The predicted molar refractivity (Wildman–Crippen MR) is 112 cm³/mol. The van der Waals surface area contributed by atoms with Crippen LogP contribution in [0.2, 0.25) is 5.02 Å². The van der Waals surface area contributed by atoms with Crippen molar-refractivity contribution in [2.24, 2.45) is 0 Å². The van der Waals surface area contributed by atoms with Gasteiger partial charge in [-0.3, -0.25) is 4.79 Å². The van der Waals surface area contributed by atoms with E-state index in [1.807, 2.05) is 4.90 Å². The Kier molecular flexibility index (Phi) is 5.46. The number of piperazine rings is 1. The number of hydrogen-bond acceptors (Lipinski definition) is 6. The predicted octanol–water partition coefficient (Wildman–Crippen LogP) is 3.21. The van der Waals surface area contributed by atoms with E-state index >= 15 is 0 Å². The Bertz CT molecular complexity index is 1160. The summed E-state index contributed by atoms with van der Waals surface area (Å²) in [7, 11) is -3.72. The number of fused-ring (bicyclic) bond motifs is 1. The van der Waals surface area contributed by atoms with Crippen LogP contribution in [-0.2, 0) is 14.6 Å². The van der Waals surface area contributed by atoms with Crippen molar-refractivity contribution in [3.05, 3.63) is 53.3 Å². The summed E-state index contributed by atoms with van der Waals surface area (Å²) >= 11 is 7.19. The quantitative estimate of drug-likeness (QED) is 0.606. The Morgan fingerprint density at radius 2 is 1.79 bits per heavy atom. The first-order valence-electron chi connectivity index (χ1n) is 8.89. The molecule has 1 aliphatic heterocycles. The van der Waals surface area contributed by atoms with Crippen molar-refractivity contribution < 1.29 is 17.6 Å². The van der Waals surface area contributed by atoms with Gasteiger partial charge in [0.1, 0.15) is 11.6 Å². The summed E-state index contributed by atoms with van der Waals surface area (Å²) in [4.78, 5) is 20.7. The smallest absolute Gasteiger partial charge is 0.238 e. The zero-order chi connectivity index (χ0) is 20.6. The second-order valence-electron chi connectivity index (χ2n) is 6.69. The molecular formula is C19H17ClFN3O3S2. The third-order valence-electron chi connectivity index (χ3n) is 4.73. The molecule has 1 fully saturated rings. The van der Waals surface area contributed by atoms with Gasteiger partial charge in [0.05, 0.1) is 15.1 Å². The van der Waals surface area contributed by atoms with Crippen molar-refractivity contribution in [1.82, 2.24) is 9.88 Å². The van der Waals surface area contributed by atoms with Crippen LogP contribution in [0.4, 0.5) is 9.52 Å². The van der Waals surface area contributed by atoms with Gasteiger partial charge in [-0.05, 0) is 42.5 Å². The van der Waals surface area contributed by atoms with E-state index in [1.165, 1.54) is 47.7 Å². The van der Waals surface area contributed by atoms with Crippen LogP contribution in [0, 0.1) is 5.82 Å². The average molecular weight is 454 g/mol. The van der Waals surface area contributed by atoms with E-state index in [9.17, 15) is 17.6 Å². The Morgan fingerprint density at radius 1 is 1.10 bits per heavy atom. The van der Waals surface area contributed by atoms with Gasteiger partial charge < -0.3 is 9.80 Å². The molecule has 0 unspecified atom stereocenters. The number of halogens is 2. The first kappa shape index (κ1) is 20.1. The van der Waals surface area contributed by atoms with Crippen LogP contribution in [0.3, 0.4) is 0 Å². The minimum atomic E-state index is -3.72. The lowest BCUT2D eigenvalue weighted by molar-refractivity contribution is -0.128. The van der Waals surface area contributed by atoms with Gasteiger partial charge in [0, 0.05) is 31.2 Å². The molecule has 1 amide bonds. The van der Waals surface area contributed by atoms with E-state index in [0.717, 1.165) is 15.3 Å². The summed E-state index contributed by atoms with van der Waals surface area (Å²) in [6, 6.07) is 10.3. The molecule has 4 rings (SSSR count). The summed E-state index contributed by atoms with van der Waals surface area (Å²) in [5.74, 6) is -1.30. The number of benzene rings is 2. The van der Waals surface area contributed by atoms with E-state index in [4.69, 9.17) is 11.6 Å². The summed E-state index contributed by atoms with van der Waals surface area (Å²) in [5.41, 5.74) is 0.735. The summed E-state index contributed by atoms with van der Waals surface area (Å²) in [6.45, 7) is 1.88. The van der Waals surface area contributed by atoms with Crippen LogP contribution in [0.25, 0.3) is 10.2 Å². The van der Waals surface area contributed by atoms with E-state index in [2.05, 4.69) is 4.98 Å². The van der Waals surface area contributed by atoms with Gasteiger partial charge in [0.25, 0.3) is 0 Å². The minimum Gasteiger partial charge on any atom is -0.345 e. The number of sulfone groups is 1. The van der Waals surface area contributed by atoms with Gasteiger partial charge >= 0.3 is 0 Å². The molecule has 1 aliphatic rings. The highest BCUT2D eigenvalue weighted by Gasteiger charge is 2.27. The number of amides is 1. The molecule has 152 valence electrons. The van der Waals surface area contributed by atoms with Gasteiger partial charge in [-0.25, -0.2) is 17.8 Å². The van der Waals surface area contributed by atoms with Crippen molar-refractivity contribution in [3.8, 4) is 0 Å². The molecule has 3 aromatic rings. The zero-order valence-electron chi connectivity index (χ0n) is 15.2. The highest BCUT2D eigenvalue weighted by atomic mass is 35.5. The highest BCUT2D eigenvalue weighted by Crippen LogP contribution is 2.30. The van der Waals surface area contributed by atoms with Crippen molar-refractivity contribution in [2.45, 2.75) is 4.90 Å². The molecule has 0 aliphatic carbocycles. The molecule has 1 saturated heterocycles. The number of thiazole rings is 1. The zero-order valence-corrected chi connectivity index (χ0v) is 17.6. The molecule has 2 aromatic carbocycles. The summed E-state index contributed by atoms with van der Waals surface area (Å²) < 4.78 is 39.1. The van der Waals surface area contributed by atoms with Crippen LogP contribution < -0.4 is 4.90 Å². The van der Waals surface area contributed by atoms with Gasteiger partial charge in [-0.2, -0.15) is 0 Å². The van der Waals surface area contributed by atoms with Crippen LogP contribution in [0.1, 0.15) is 0 Å². The number of carbonyl (C=O) groups is 1. The molecule has 0 saturated carbocycles. The van der Waals surface area contributed by atoms with Crippen molar-refractivity contribution in [1.29, 1.82) is 0 Å². The monoisotopic (exact) mass is 453 g/mol. The van der Waals surface area contributed by atoms with Gasteiger partial charge in [0.2, 0.25) is 5.91 Å². The molecule has 0 bridgehead atoms. The lowest BCUT2D eigenvalue weighted by atomic mass is 10.3. The number of rotatable bonds is 4. The number of aromatic nitrogens is 1. The molecule has 1 aromatic heterocycles. The van der Waals surface area contributed by atoms with Crippen LogP contribution >= 0.6 is 22.9 Å². The molecule has 0 N–H and O–H groups in total. The second-order valence-corrected chi connectivity index (χ2v) is 10.1. The van der Waals surface area contributed by atoms with E-state index in [0.29, 0.717) is 31.2 Å². The number of carbonyl (C=O) groups excluding carboxylic acids is 1. The maximum absolute atomic E-state index is 13.4. The topological polar surface area (TPSA) is 70.6 Å². The largest absolute Gasteiger partial charge is 0.345 e. The average Bonchev–Trinajstić information content (AvgIpc) is 3.11. The maximum Gasteiger partial charge on any atom is 0.238 e. The van der Waals surface area contributed by atoms with Crippen LogP contribution in [0.5, 0.6) is 0 Å². The number of anilines is 1. The minimum absolute atomic E-state index is 0.0793. The van der Waals surface area contributed by atoms with Crippen LogP contribution in [-0.4, -0.2) is 56.1 Å². The second kappa shape index (κ2) is 7.89. The fraction of sp³-hybridized carbons (Fsp3) is 0.263. The normalized spacial score (nSPS) is 15.1. The molecule has 0 spiro atoms. The fourth-order valence-electron chi connectivity index (χ4n) is 3.15. The standard InChI is InChI=1S/C19H17ClFN3O3S2/c20-13-1-4-15(5-2-13)29(26,27)12-18(25)23-7-9-24(10-8-23)19-22-16-6-3-14(21)11-17(16)28-19/h1-6,11H,7-10,12H2. The Hall–Kier alpha value is -2.23. The van der Waals surface area contributed by atoms with Crippen molar-refractivity contribution >= 4 is 54.0 Å². The van der Waals surface area contributed by atoms with Crippen molar-refractivity contribution in [3.63, 3.8) is 0 Å². The molecule has 0 atom stereocenters. The molecular weight excluding hydrogens is 437 g/mol. The van der Waals surface area contributed by atoms with Crippen LogP contribution in [0.15, 0.2) is 47.4 Å². The van der Waals surface area contributed by atoms with Crippen molar-refractivity contribution in [2.75, 3.05) is 36.8 Å². The molecule has 6 nitrogen and oxygen atoms in total. The van der Waals surface area contributed by atoms with Gasteiger partial charge in [-0.1, -0.05) is 22.9 Å². The van der Waals surface area contributed by atoms with E-state index < -0.39 is 21.5 Å². The first-order valence-corrected chi connectivity index (χ1v) is 11.7. The third kappa shape index (κ3) is 4.36. The number of hydrogen-bond donors (Lipinski definition) is 0. The first-order chi connectivity index (χ1) is 13.8. The fourth-order valence-corrected chi connectivity index (χ4v) is 5.54. The molecule has 2 heterocycles.